The quantitative estimate of drug-likeness (QED) is 0.850. The molecule has 1 aliphatic heterocycles. The number of fused-ring (bicyclic) bond motifs is 1. The van der Waals surface area contributed by atoms with Crippen LogP contribution in [0.3, 0.4) is 0 Å². The maximum Gasteiger partial charge on any atom is 0.272 e. The Hall–Kier alpha value is -1.36. The van der Waals surface area contributed by atoms with Crippen molar-refractivity contribution in [2.45, 2.75) is 25.8 Å². The summed E-state index contributed by atoms with van der Waals surface area (Å²) in [5.74, 6) is 1.14. The van der Waals surface area contributed by atoms with Crippen LogP contribution in [0.1, 0.15) is 24.9 Å². The molecule has 1 aromatic rings. The number of nitrogens with one attached hydrogen (secondary N) is 1. The number of halogens is 2. The van der Waals surface area contributed by atoms with Gasteiger partial charge >= 0.3 is 0 Å². The van der Waals surface area contributed by atoms with E-state index in [9.17, 15) is 8.78 Å². The third kappa shape index (κ3) is 3.10. The van der Waals surface area contributed by atoms with Crippen LogP contribution in [0.2, 0.25) is 0 Å². The Morgan fingerprint density at radius 1 is 1.50 bits per heavy atom. The van der Waals surface area contributed by atoms with Gasteiger partial charge in [0.25, 0.3) is 6.43 Å². The van der Waals surface area contributed by atoms with Crippen molar-refractivity contribution in [3.63, 3.8) is 0 Å². The average molecular weight is 257 g/mol. The molecule has 3 nitrogen and oxygen atoms in total. The van der Waals surface area contributed by atoms with E-state index in [2.05, 4.69) is 12.2 Å². The highest BCUT2D eigenvalue weighted by Gasteiger charge is 2.23. The van der Waals surface area contributed by atoms with E-state index < -0.39 is 13.0 Å². The van der Waals surface area contributed by atoms with Crippen LogP contribution < -0.4 is 14.8 Å². The SMILES string of the molecule is CCCNC1COc2cc(OCC(F)F)ccc21. The molecule has 5 heteroatoms. The van der Waals surface area contributed by atoms with E-state index in [1.54, 1.807) is 12.1 Å². The molecule has 1 unspecified atom stereocenters. The lowest BCUT2D eigenvalue weighted by Crippen LogP contribution is -2.22. The summed E-state index contributed by atoms with van der Waals surface area (Å²) < 4.78 is 34.5. The second-order valence-corrected chi connectivity index (χ2v) is 4.22. The molecule has 0 aliphatic carbocycles. The van der Waals surface area contributed by atoms with Crippen LogP contribution in [0, 0.1) is 0 Å². The number of hydrogen-bond donors (Lipinski definition) is 1. The van der Waals surface area contributed by atoms with Crippen LogP contribution in [0.15, 0.2) is 18.2 Å². The maximum atomic E-state index is 12.0. The first-order chi connectivity index (χ1) is 8.70. The van der Waals surface area contributed by atoms with Crippen LogP contribution in [0.4, 0.5) is 8.78 Å². The molecule has 0 aromatic heterocycles. The molecule has 2 rings (SSSR count). The van der Waals surface area contributed by atoms with Gasteiger partial charge in [-0.1, -0.05) is 6.92 Å². The van der Waals surface area contributed by atoms with Gasteiger partial charge in [-0.2, -0.15) is 0 Å². The largest absolute Gasteiger partial charge is 0.491 e. The molecule has 1 atom stereocenters. The maximum absolute atomic E-state index is 12.0. The van der Waals surface area contributed by atoms with Gasteiger partial charge in [0.1, 0.15) is 24.7 Å². The Kier molecular flexibility index (Phi) is 4.36. The van der Waals surface area contributed by atoms with Crippen molar-refractivity contribution < 1.29 is 18.3 Å². The Morgan fingerprint density at radius 3 is 3.06 bits per heavy atom. The first-order valence-corrected chi connectivity index (χ1v) is 6.11. The zero-order valence-electron chi connectivity index (χ0n) is 10.3. The van der Waals surface area contributed by atoms with Crippen molar-refractivity contribution in [3.05, 3.63) is 23.8 Å². The molecule has 0 bridgehead atoms. The third-order valence-corrected chi connectivity index (χ3v) is 2.78. The summed E-state index contributed by atoms with van der Waals surface area (Å²) >= 11 is 0. The first kappa shape index (κ1) is 13.1. The predicted molar refractivity (Wildman–Crippen MR) is 64.5 cm³/mol. The van der Waals surface area contributed by atoms with Crippen LogP contribution in [-0.2, 0) is 0 Å². The molecule has 0 fully saturated rings. The van der Waals surface area contributed by atoms with Gasteiger partial charge in [-0.25, -0.2) is 8.78 Å². The topological polar surface area (TPSA) is 30.5 Å². The zero-order chi connectivity index (χ0) is 13.0. The zero-order valence-corrected chi connectivity index (χ0v) is 10.3. The molecular formula is C13H17F2NO2. The van der Waals surface area contributed by atoms with E-state index in [-0.39, 0.29) is 6.04 Å². The molecular weight excluding hydrogens is 240 g/mol. The van der Waals surface area contributed by atoms with Crippen molar-refractivity contribution in [2.24, 2.45) is 0 Å². The summed E-state index contributed by atoms with van der Waals surface area (Å²) in [5, 5.41) is 3.37. The normalized spacial score (nSPS) is 17.7. The molecule has 1 aromatic carbocycles. The van der Waals surface area contributed by atoms with Crippen LogP contribution >= 0.6 is 0 Å². The summed E-state index contributed by atoms with van der Waals surface area (Å²) in [6, 6.07) is 5.43. The number of alkyl halides is 2. The fourth-order valence-electron chi connectivity index (χ4n) is 1.93. The highest BCUT2D eigenvalue weighted by molar-refractivity contribution is 5.45. The standard InChI is InChI=1S/C13H17F2NO2/c1-2-5-16-11-7-18-12-6-9(3-4-10(11)12)17-8-13(14)15/h3-4,6,11,13,16H,2,5,7-8H2,1H3. The molecule has 0 radical (unpaired) electrons. The van der Waals surface area contributed by atoms with Crippen LogP contribution in [0.25, 0.3) is 0 Å². The van der Waals surface area contributed by atoms with Gasteiger partial charge in [-0.05, 0) is 25.1 Å². The highest BCUT2D eigenvalue weighted by Crippen LogP contribution is 2.35. The van der Waals surface area contributed by atoms with Gasteiger partial charge < -0.3 is 14.8 Å². The third-order valence-electron chi connectivity index (χ3n) is 2.78. The van der Waals surface area contributed by atoms with Crippen molar-refractivity contribution in [1.82, 2.24) is 5.32 Å². The lowest BCUT2D eigenvalue weighted by atomic mass is 10.1. The highest BCUT2D eigenvalue weighted by atomic mass is 19.3. The van der Waals surface area contributed by atoms with Crippen molar-refractivity contribution in [3.8, 4) is 11.5 Å². The summed E-state index contributed by atoms with van der Waals surface area (Å²) in [6.45, 7) is 3.02. The summed E-state index contributed by atoms with van der Waals surface area (Å²) in [7, 11) is 0. The van der Waals surface area contributed by atoms with Crippen molar-refractivity contribution in [1.29, 1.82) is 0 Å². The lowest BCUT2D eigenvalue weighted by molar-refractivity contribution is 0.0818. The van der Waals surface area contributed by atoms with Gasteiger partial charge in [0.15, 0.2) is 0 Å². The van der Waals surface area contributed by atoms with Gasteiger partial charge in [0.2, 0.25) is 0 Å². The monoisotopic (exact) mass is 257 g/mol. The number of ether oxygens (including phenoxy) is 2. The molecule has 1 N–H and O–H groups in total. The molecule has 1 aliphatic rings. The van der Waals surface area contributed by atoms with Crippen LogP contribution in [0.5, 0.6) is 11.5 Å². The molecule has 0 spiro atoms. The minimum atomic E-state index is -2.46. The second-order valence-electron chi connectivity index (χ2n) is 4.22. The molecule has 100 valence electrons. The van der Waals surface area contributed by atoms with E-state index in [0.29, 0.717) is 12.4 Å². The first-order valence-electron chi connectivity index (χ1n) is 6.11. The van der Waals surface area contributed by atoms with Crippen LogP contribution in [-0.4, -0.2) is 26.2 Å². The lowest BCUT2D eigenvalue weighted by Gasteiger charge is -2.10. The number of benzene rings is 1. The average Bonchev–Trinajstić information content (AvgIpc) is 2.76. The van der Waals surface area contributed by atoms with Gasteiger partial charge in [-0.15, -0.1) is 0 Å². The van der Waals surface area contributed by atoms with Crippen molar-refractivity contribution in [2.75, 3.05) is 19.8 Å². The van der Waals surface area contributed by atoms with E-state index >= 15 is 0 Å². The van der Waals surface area contributed by atoms with Gasteiger partial charge in [0, 0.05) is 11.6 Å². The van der Waals surface area contributed by atoms with E-state index in [1.165, 1.54) is 0 Å². The Bertz CT molecular complexity index is 399. The minimum absolute atomic E-state index is 0.184. The smallest absolute Gasteiger partial charge is 0.272 e. The number of rotatable bonds is 6. The van der Waals surface area contributed by atoms with E-state index in [4.69, 9.17) is 9.47 Å². The number of hydrogen-bond acceptors (Lipinski definition) is 3. The minimum Gasteiger partial charge on any atom is -0.491 e. The Morgan fingerprint density at radius 2 is 2.33 bits per heavy atom. The Labute approximate surface area is 105 Å². The van der Waals surface area contributed by atoms with Gasteiger partial charge in [-0.3, -0.25) is 0 Å². The molecule has 0 saturated heterocycles. The van der Waals surface area contributed by atoms with E-state index in [1.807, 2.05) is 6.07 Å². The second kappa shape index (κ2) is 6.00. The van der Waals surface area contributed by atoms with Crippen molar-refractivity contribution >= 4 is 0 Å². The summed E-state index contributed by atoms with van der Waals surface area (Å²) in [4.78, 5) is 0. The predicted octanol–water partition coefficient (Wildman–Crippen LogP) is 2.76. The fraction of sp³-hybridized carbons (Fsp3) is 0.538. The Balaban J connectivity index is 2.01. The van der Waals surface area contributed by atoms with Gasteiger partial charge in [0.05, 0.1) is 6.04 Å². The molecule has 0 saturated carbocycles. The summed E-state index contributed by atoms with van der Waals surface area (Å²) in [6.07, 6.45) is -1.40. The summed E-state index contributed by atoms with van der Waals surface area (Å²) in [5.41, 5.74) is 1.06. The molecule has 0 amide bonds. The fourth-order valence-corrected chi connectivity index (χ4v) is 1.93. The van der Waals surface area contributed by atoms with E-state index in [0.717, 1.165) is 24.3 Å². The molecule has 18 heavy (non-hydrogen) atoms. The molecule has 1 heterocycles.